The number of benzene rings is 2. The summed E-state index contributed by atoms with van der Waals surface area (Å²) in [4.78, 5) is 0. The minimum atomic E-state index is 0. The van der Waals surface area contributed by atoms with E-state index in [4.69, 9.17) is 5.41 Å². The van der Waals surface area contributed by atoms with Gasteiger partial charge in [0.2, 0.25) is 0 Å². The molecular weight excluding hydrogens is 389 g/mol. The molecule has 0 fully saturated rings. The third-order valence-corrected chi connectivity index (χ3v) is 4.09. The van der Waals surface area contributed by atoms with Gasteiger partial charge in [0.15, 0.2) is 0 Å². The van der Waals surface area contributed by atoms with Crippen molar-refractivity contribution < 1.29 is 0 Å². The van der Waals surface area contributed by atoms with Crippen LogP contribution < -0.4 is 0 Å². The smallest absolute Gasteiger partial charge is 0.0939 e. The van der Waals surface area contributed by atoms with Gasteiger partial charge in [-0.2, -0.15) is 0 Å². The lowest BCUT2D eigenvalue weighted by molar-refractivity contribution is 0.734. The second-order valence-electron chi connectivity index (χ2n) is 4.92. The molecule has 0 aromatic heterocycles. The van der Waals surface area contributed by atoms with Crippen molar-refractivity contribution in [3.63, 3.8) is 0 Å². The quantitative estimate of drug-likeness (QED) is 0.286. The van der Waals surface area contributed by atoms with E-state index >= 15 is 0 Å². The molecule has 2 aromatic rings. The summed E-state index contributed by atoms with van der Waals surface area (Å²) in [5.74, 6) is 0. The van der Waals surface area contributed by atoms with Crippen LogP contribution >= 0.6 is 35.7 Å². The highest BCUT2D eigenvalue weighted by atomic mass is 127. The maximum Gasteiger partial charge on any atom is 0.0939 e. The van der Waals surface area contributed by atoms with E-state index in [0.29, 0.717) is 5.04 Å². The lowest BCUT2D eigenvalue weighted by Gasteiger charge is -2.05. The van der Waals surface area contributed by atoms with E-state index in [1.54, 1.807) is 0 Å². The first kappa shape index (κ1) is 18.2. The predicted molar refractivity (Wildman–Crippen MR) is 105 cm³/mol. The number of unbranched alkanes of at least 4 members (excludes halogenated alkanes) is 1. The normalized spacial score (nSPS) is 9.95. The van der Waals surface area contributed by atoms with Crippen LogP contribution in [-0.2, 0) is 12.8 Å². The summed E-state index contributed by atoms with van der Waals surface area (Å²) < 4.78 is 0. The molecule has 0 unspecified atom stereocenters. The summed E-state index contributed by atoms with van der Waals surface area (Å²) in [6.45, 7) is 0. The molecule has 0 heterocycles. The summed E-state index contributed by atoms with van der Waals surface area (Å²) in [6.07, 6.45) is 6.68. The van der Waals surface area contributed by atoms with Gasteiger partial charge in [0.1, 0.15) is 0 Å². The van der Waals surface area contributed by atoms with E-state index in [-0.39, 0.29) is 24.0 Å². The predicted octanol–water partition coefficient (Wildman–Crippen LogP) is 5.56. The summed E-state index contributed by atoms with van der Waals surface area (Å²) in [5, 5.41) is 8.41. The van der Waals surface area contributed by atoms with E-state index in [9.17, 15) is 0 Å². The van der Waals surface area contributed by atoms with Gasteiger partial charge in [-0.05, 0) is 43.1 Å². The van der Waals surface area contributed by atoms with Crippen molar-refractivity contribution in [1.29, 1.82) is 5.41 Å². The fourth-order valence-corrected chi connectivity index (χ4v) is 2.62. The fourth-order valence-electron chi connectivity index (χ4n) is 2.24. The summed E-state index contributed by atoms with van der Waals surface area (Å²) in [6, 6.07) is 19.1. The molecule has 3 heteroatoms. The van der Waals surface area contributed by atoms with Gasteiger partial charge in [-0.25, -0.2) is 0 Å². The molecule has 1 nitrogen and oxygen atoms in total. The average molecular weight is 411 g/mol. The van der Waals surface area contributed by atoms with Crippen LogP contribution in [0.4, 0.5) is 0 Å². The Labute approximate surface area is 149 Å². The highest BCUT2D eigenvalue weighted by molar-refractivity contribution is 14.0. The zero-order valence-electron chi connectivity index (χ0n) is 12.3. The van der Waals surface area contributed by atoms with Crippen LogP contribution in [0, 0.1) is 5.41 Å². The molecule has 2 aromatic carbocycles. The van der Waals surface area contributed by atoms with E-state index < -0.39 is 0 Å². The van der Waals surface area contributed by atoms with Gasteiger partial charge in [0, 0.05) is 5.56 Å². The minimum absolute atomic E-state index is 0. The Hall–Kier alpha value is -0.810. The van der Waals surface area contributed by atoms with Crippen molar-refractivity contribution >= 4 is 40.8 Å². The zero-order valence-corrected chi connectivity index (χ0v) is 15.5. The second kappa shape index (κ2) is 10.0. The Morgan fingerprint density at radius 1 is 0.857 bits per heavy atom. The molecule has 0 spiro atoms. The first-order valence-electron chi connectivity index (χ1n) is 7.05. The molecule has 0 atom stereocenters. The Bertz CT molecular complexity index is 537. The van der Waals surface area contributed by atoms with Crippen LogP contribution in [0.25, 0.3) is 0 Å². The largest absolute Gasteiger partial charge is 0.293 e. The highest BCUT2D eigenvalue weighted by Crippen LogP contribution is 2.13. The van der Waals surface area contributed by atoms with Gasteiger partial charge >= 0.3 is 0 Å². The van der Waals surface area contributed by atoms with E-state index in [1.807, 2.05) is 6.26 Å². The molecule has 0 bridgehead atoms. The molecule has 0 aliphatic carbocycles. The minimum Gasteiger partial charge on any atom is -0.293 e. The van der Waals surface area contributed by atoms with Gasteiger partial charge in [0.25, 0.3) is 0 Å². The number of aryl methyl sites for hydroxylation is 2. The van der Waals surface area contributed by atoms with Crippen LogP contribution in [0.2, 0.25) is 0 Å². The van der Waals surface area contributed by atoms with Crippen molar-refractivity contribution in [2.45, 2.75) is 25.7 Å². The number of hydrogen-bond acceptors (Lipinski definition) is 2. The van der Waals surface area contributed by atoms with Gasteiger partial charge in [-0.3, -0.25) is 5.41 Å². The molecule has 0 aliphatic heterocycles. The molecule has 0 amide bonds. The topological polar surface area (TPSA) is 23.9 Å². The standard InChI is InChI=1S/C18H21NS.HI/c1-20-18(19)17-13-11-16(12-14-17)10-6-5-9-15-7-3-2-4-8-15;/h2-4,7-8,11-14,19H,5-6,9-10H2,1H3;1H. The SMILES string of the molecule is CSC(=N)c1ccc(CCCCc2ccccc2)cc1.I. The summed E-state index contributed by atoms with van der Waals surface area (Å²) in [5.41, 5.74) is 3.82. The van der Waals surface area contributed by atoms with E-state index in [2.05, 4.69) is 54.6 Å². The maximum absolute atomic E-state index is 7.77. The Balaban J connectivity index is 0.00000220. The highest BCUT2D eigenvalue weighted by Gasteiger charge is 2.00. The first-order valence-corrected chi connectivity index (χ1v) is 8.28. The number of nitrogens with one attached hydrogen (secondary N) is 1. The molecule has 0 saturated carbocycles. The van der Waals surface area contributed by atoms with Crippen LogP contribution in [0.15, 0.2) is 54.6 Å². The van der Waals surface area contributed by atoms with Crippen molar-refractivity contribution in [2.75, 3.05) is 6.26 Å². The Morgan fingerprint density at radius 2 is 1.38 bits per heavy atom. The van der Waals surface area contributed by atoms with Crippen LogP contribution in [0.3, 0.4) is 0 Å². The molecule has 0 radical (unpaired) electrons. The lowest BCUT2D eigenvalue weighted by atomic mass is 10.0. The van der Waals surface area contributed by atoms with Gasteiger partial charge in [-0.1, -0.05) is 54.6 Å². The summed E-state index contributed by atoms with van der Waals surface area (Å²) >= 11 is 1.49. The molecular formula is C18H22INS. The second-order valence-corrected chi connectivity index (χ2v) is 5.74. The van der Waals surface area contributed by atoms with Crippen LogP contribution in [0.5, 0.6) is 0 Å². The Morgan fingerprint density at radius 3 is 1.90 bits per heavy atom. The monoisotopic (exact) mass is 411 g/mol. The van der Waals surface area contributed by atoms with Crippen LogP contribution in [0.1, 0.15) is 29.5 Å². The summed E-state index contributed by atoms with van der Waals surface area (Å²) in [7, 11) is 0. The third-order valence-electron chi connectivity index (χ3n) is 3.44. The van der Waals surface area contributed by atoms with E-state index in [0.717, 1.165) is 18.4 Å². The van der Waals surface area contributed by atoms with Crippen molar-refractivity contribution in [1.82, 2.24) is 0 Å². The van der Waals surface area contributed by atoms with Gasteiger partial charge < -0.3 is 0 Å². The number of thioether (sulfide) groups is 1. The van der Waals surface area contributed by atoms with E-state index in [1.165, 1.54) is 35.7 Å². The maximum atomic E-state index is 7.77. The van der Waals surface area contributed by atoms with Gasteiger partial charge in [0.05, 0.1) is 5.04 Å². The molecule has 21 heavy (non-hydrogen) atoms. The molecule has 2 rings (SSSR count). The molecule has 112 valence electrons. The molecule has 1 N–H and O–H groups in total. The van der Waals surface area contributed by atoms with Crippen molar-refractivity contribution in [3.05, 3.63) is 71.3 Å². The Kier molecular flexibility index (Phi) is 8.69. The molecule has 0 saturated heterocycles. The lowest BCUT2D eigenvalue weighted by Crippen LogP contribution is -1.93. The third kappa shape index (κ3) is 6.22. The molecule has 0 aliphatic rings. The van der Waals surface area contributed by atoms with Crippen LogP contribution in [-0.4, -0.2) is 11.3 Å². The fraction of sp³-hybridized carbons (Fsp3) is 0.278. The first-order chi connectivity index (χ1) is 9.79. The number of hydrogen-bond donors (Lipinski definition) is 1. The average Bonchev–Trinajstić information content (AvgIpc) is 2.52. The number of rotatable bonds is 6. The number of halogens is 1. The van der Waals surface area contributed by atoms with Crippen molar-refractivity contribution in [2.24, 2.45) is 0 Å². The van der Waals surface area contributed by atoms with Crippen molar-refractivity contribution in [3.8, 4) is 0 Å². The van der Waals surface area contributed by atoms with Gasteiger partial charge in [-0.15, -0.1) is 35.7 Å². The zero-order chi connectivity index (χ0) is 14.2.